The Morgan fingerprint density at radius 1 is 1.28 bits per heavy atom. The van der Waals surface area contributed by atoms with Crippen LogP contribution in [0.1, 0.15) is 27.2 Å². The molecule has 0 aliphatic carbocycles. The predicted octanol–water partition coefficient (Wildman–Crippen LogP) is 0.696. The zero-order valence-electron chi connectivity index (χ0n) is 11.4. The average Bonchev–Trinajstić information content (AvgIpc) is 2.31. The molecule has 0 aromatic rings. The largest absolute Gasteiger partial charge is 0.464 e. The van der Waals surface area contributed by atoms with Crippen molar-refractivity contribution in [1.82, 2.24) is 4.90 Å². The third-order valence-electron chi connectivity index (χ3n) is 3.51. The van der Waals surface area contributed by atoms with Crippen LogP contribution in [-0.4, -0.2) is 57.0 Å². The number of sulfone groups is 1. The van der Waals surface area contributed by atoms with E-state index in [9.17, 15) is 13.2 Å². The van der Waals surface area contributed by atoms with Gasteiger partial charge in [-0.25, -0.2) is 8.42 Å². The summed E-state index contributed by atoms with van der Waals surface area (Å²) in [5.74, 6) is 0.234. The lowest BCUT2D eigenvalue weighted by atomic mass is 9.91. The van der Waals surface area contributed by atoms with Gasteiger partial charge in [0.05, 0.1) is 16.9 Å². The Bertz CT molecular complexity index is 375. The van der Waals surface area contributed by atoms with Crippen LogP contribution in [0, 0.1) is 5.41 Å². The van der Waals surface area contributed by atoms with E-state index in [1.54, 1.807) is 0 Å². The minimum atomic E-state index is -2.83. The van der Waals surface area contributed by atoms with Gasteiger partial charge in [0, 0.05) is 19.6 Å². The second kappa shape index (κ2) is 6.02. The Labute approximate surface area is 109 Å². The van der Waals surface area contributed by atoms with Crippen molar-refractivity contribution in [2.24, 2.45) is 5.41 Å². The number of hydrogen-bond acceptors (Lipinski definition) is 5. The van der Waals surface area contributed by atoms with Crippen LogP contribution in [0.15, 0.2) is 0 Å². The lowest BCUT2D eigenvalue weighted by Gasteiger charge is -2.27. The Morgan fingerprint density at radius 3 is 2.33 bits per heavy atom. The van der Waals surface area contributed by atoms with E-state index >= 15 is 0 Å². The number of carbonyl (C=O) groups is 1. The first-order valence-corrected chi connectivity index (χ1v) is 8.19. The molecule has 106 valence electrons. The van der Waals surface area contributed by atoms with Crippen LogP contribution in [0.4, 0.5) is 0 Å². The van der Waals surface area contributed by atoms with E-state index in [1.165, 1.54) is 0 Å². The first-order chi connectivity index (χ1) is 8.27. The second-order valence-corrected chi connectivity index (χ2v) is 7.67. The van der Waals surface area contributed by atoms with Crippen LogP contribution in [-0.2, 0) is 19.4 Å². The highest BCUT2D eigenvalue weighted by atomic mass is 32.2. The van der Waals surface area contributed by atoms with Crippen LogP contribution < -0.4 is 0 Å². The van der Waals surface area contributed by atoms with Gasteiger partial charge in [0.15, 0.2) is 9.84 Å². The maximum atomic E-state index is 11.7. The molecule has 6 heteroatoms. The van der Waals surface area contributed by atoms with Crippen LogP contribution in [0.2, 0.25) is 0 Å². The van der Waals surface area contributed by atoms with Gasteiger partial charge in [0.25, 0.3) is 0 Å². The van der Waals surface area contributed by atoms with E-state index in [2.05, 4.69) is 0 Å². The molecule has 1 heterocycles. The number of rotatable bonds is 5. The maximum absolute atomic E-state index is 11.7. The molecule has 0 atom stereocenters. The Hall–Kier alpha value is -0.620. The molecule has 18 heavy (non-hydrogen) atoms. The predicted molar refractivity (Wildman–Crippen MR) is 70.1 cm³/mol. The van der Waals surface area contributed by atoms with Crippen LogP contribution in [0.3, 0.4) is 0 Å². The third kappa shape index (κ3) is 4.57. The molecule has 0 saturated carbocycles. The van der Waals surface area contributed by atoms with Crippen molar-refractivity contribution in [2.75, 3.05) is 37.7 Å². The second-order valence-electron chi connectivity index (χ2n) is 5.37. The standard InChI is InChI=1S/C12H23NO4S/c1-4-12(2,3)11(14)17-8-5-13-6-9-18(15,16)10-7-13/h4-10H2,1-3H3. The van der Waals surface area contributed by atoms with Gasteiger partial charge in [-0.15, -0.1) is 0 Å². The van der Waals surface area contributed by atoms with Gasteiger partial charge >= 0.3 is 5.97 Å². The molecule has 1 rings (SSSR count). The van der Waals surface area contributed by atoms with Crippen LogP contribution in [0.5, 0.6) is 0 Å². The van der Waals surface area contributed by atoms with E-state index in [-0.39, 0.29) is 17.5 Å². The molecule has 0 aromatic carbocycles. The molecule has 1 saturated heterocycles. The fraction of sp³-hybridized carbons (Fsp3) is 0.917. The number of ether oxygens (including phenoxy) is 1. The molecule has 0 radical (unpaired) electrons. The minimum absolute atomic E-state index is 0.186. The Morgan fingerprint density at radius 2 is 1.83 bits per heavy atom. The molecule has 0 N–H and O–H groups in total. The van der Waals surface area contributed by atoms with Crippen molar-refractivity contribution in [2.45, 2.75) is 27.2 Å². The molecule has 0 unspecified atom stereocenters. The molecule has 0 bridgehead atoms. The van der Waals surface area contributed by atoms with Crippen LogP contribution >= 0.6 is 0 Å². The Kier molecular flexibility index (Phi) is 5.16. The monoisotopic (exact) mass is 277 g/mol. The maximum Gasteiger partial charge on any atom is 0.311 e. The van der Waals surface area contributed by atoms with E-state index in [0.29, 0.717) is 26.2 Å². The quantitative estimate of drug-likeness (QED) is 0.692. The minimum Gasteiger partial charge on any atom is -0.464 e. The summed E-state index contributed by atoms with van der Waals surface area (Å²) in [5, 5.41) is 0. The van der Waals surface area contributed by atoms with Gasteiger partial charge in [-0.3, -0.25) is 9.69 Å². The average molecular weight is 277 g/mol. The van der Waals surface area contributed by atoms with E-state index in [1.807, 2.05) is 25.7 Å². The summed E-state index contributed by atoms with van der Waals surface area (Å²) in [6, 6.07) is 0. The molecule has 5 nitrogen and oxygen atoms in total. The summed E-state index contributed by atoms with van der Waals surface area (Å²) in [4.78, 5) is 13.7. The normalized spacial score (nSPS) is 20.6. The highest BCUT2D eigenvalue weighted by Gasteiger charge is 2.27. The van der Waals surface area contributed by atoms with Gasteiger partial charge < -0.3 is 4.74 Å². The molecular weight excluding hydrogens is 254 g/mol. The Balaban J connectivity index is 2.25. The van der Waals surface area contributed by atoms with Gasteiger partial charge in [0.2, 0.25) is 0 Å². The molecule has 1 aliphatic heterocycles. The fourth-order valence-corrected chi connectivity index (χ4v) is 2.86. The van der Waals surface area contributed by atoms with Crippen LogP contribution in [0.25, 0.3) is 0 Å². The molecular formula is C12H23NO4S. The fourth-order valence-electron chi connectivity index (χ4n) is 1.58. The van der Waals surface area contributed by atoms with Crippen molar-refractivity contribution >= 4 is 15.8 Å². The zero-order chi connectivity index (χ0) is 13.8. The third-order valence-corrected chi connectivity index (χ3v) is 5.12. The highest BCUT2D eigenvalue weighted by molar-refractivity contribution is 7.91. The lowest BCUT2D eigenvalue weighted by molar-refractivity contribution is -0.154. The van der Waals surface area contributed by atoms with E-state index in [0.717, 1.165) is 6.42 Å². The SMILES string of the molecule is CCC(C)(C)C(=O)OCCN1CCS(=O)(=O)CC1. The summed E-state index contributed by atoms with van der Waals surface area (Å²) in [7, 11) is -2.83. The van der Waals surface area contributed by atoms with Crippen molar-refractivity contribution in [1.29, 1.82) is 0 Å². The number of hydrogen-bond donors (Lipinski definition) is 0. The van der Waals surface area contributed by atoms with E-state index in [4.69, 9.17) is 4.74 Å². The molecule has 0 spiro atoms. The van der Waals surface area contributed by atoms with E-state index < -0.39 is 15.3 Å². The molecule has 1 fully saturated rings. The topological polar surface area (TPSA) is 63.7 Å². The van der Waals surface area contributed by atoms with Gasteiger partial charge in [-0.1, -0.05) is 6.92 Å². The zero-order valence-corrected chi connectivity index (χ0v) is 12.3. The number of nitrogens with zero attached hydrogens (tertiary/aromatic N) is 1. The summed E-state index contributed by atoms with van der Waals surface area (Å²) in [5.41, 5.74) is -0.439. The van der Waals surface area contributed by atoms with Crippen molar-refractivity contribution in [3.05, 3.63) is 0 Å². The smallest absolute Gasteiger partial charge is 0.311 e. The van der Waals surface area contributed by atoms with Crippen molar-refractivity contribution < 1.29 is 17.9 Å². The first-order valence-electron chi connectivity index (χ1n) is 6.37. The molecule has 0 amide bonds. The van der Waals surface area contributed by atoms with Gasteiger partial charge in [-0.05, 0) is 20.3 Å². The molecule has 0 aromatic heterocycles. The van der Waals surface area contributed by atoms with Gasteiger partial charge in [-0.2, -0.15) is 0 Å². The summed E-state index contributed by atoms with van der Waals surface area (Å²) < 4.78 is 27.7. The number of esters is 1. The van der Waals surface area contributed by atoms with Crippen molar-refractivity contribution in [3.63, 3.8) is 0 Å². The summed E-state index contributed by atoms with van der Waals surface area (Å²) >= 11 is 0. The van der Waals surface area contributed by atoms with Gasteiger partial charge in [0.1, 0.15) is 6.61 Å². The van der Waals surface area contributed by atoms with Crippen molar-refractivity contribution in [3.8, 4) is 0 Å². The summed E-state index contributed by atoms with van der Waals surface area (Å²) in [6.07, 6.45) is 0.744. The lowest BCUT2D eigenvalue weighted by Crippen LogP contribution is -2.42. The number of carbonyl (C=O) groups excluding carboxylic acids is 1. The highest BCUT2D eigenvalue weighted by Crippen LogP contribution is 2.21. The molecule has 1 aliphatic rings. The first kappa shape index (κ1) is 15.4. The summed E-state index contributed by atoms with van der Waals surface area (Å²) in [6.45, 7) is 7.71.